The van der Waals surface area contributed by atoms with E-state index >= 15 is 0 Å². The molecule has 4 nitrogen and oxygen atoms in total. The van der Waals surface area contributed by atoms with Crippen LogP contribution in [0.1, 0.15) is 17.3 Å². The topological polar surface area (TPSA) is 32.8 Å². The smallest absolute Gasteiger partial charge is 0.253 e. The number of hydrogen-bond donors (Lipinski definition) is 0. The van der Waals surface area contributed by atoms with Crippen molar-refractivity contribution in [1.29, 1.82) is 0 Å². The molecule has 0 bridgehead atoms. The SMILES string of the molecule is CCOc1ccc(C(=O)N2CCN(CCSC)CC2)cc1Cl. The average Bonchev–Trinajstić information content (AvgIpc) is 2.55. The molecule has 1 amide bonds. The van der Waals surface area contributed by atoms with Crippen LogP contribution in [0.15, 0.2) is 18.2 Å². The zero-order valence-electron chi connectivity index (χ0n) is 13.2. The Bertz CT molecular complexity index is 505. The van der Waals surface area contributed by atoms with Crippen LogP contribution in [0.4, 0.5) is 0 Å². The van der Waals surface area contributed by atoms with E-state index in [1.807, 2.05) is 23.6 Å². The number of rotatable bonds is 6. The van der Waals surface area contributed by atoms with Gasteiger partial charge in [0.15, 0.2) is 0 Å². The number of halogens is 1. The van der Waals surface area contributed by atoms with Gasteiger partial charge in [0.2, 0.25) is 0 Å². The molecule has 1 aliphatic rings. The number of carbonyl (C=O) groups excluding carboxylic acids is 1. The molecular formula is C16H23ClN2O2S. The maximum absolute atomic E-state index is 12.5. The van der Waals surface area contributed by atoms with Crippen LogP contribution in [0.5, 0.6) is 5.75 Å². The third-order valence-electron chi connectivity index (χ3n) is 3.75. The Morgan fingerprint density at radius 2 is 2.05 bits per heavy atom. The Labute approximate surface area is 141 Å². The molecule has 0 aliphatic carbocycles. The van der Waals surface area contributed by atoms with E-state index in [1.54, 1.807) is 18.2 Å². The minimum Gasteiger partial charge on any atom is -0.492 e. The van der Waals surface area contributed by atoms with Gasteiger partial charge in [0, 0.05) is 44.0 Å². The van der Waals surface area contributed by atoms with Gasteiger partial charge < -0.3 is 9.64 Å². The summed E-state index contributed by atoms with van der Waals surface area (Å²) in [6.45, 7) is 7.00. The largest absolute Gasteiger partial charge is 0.492 e. The lowest BCUT2D eigenvalue weighted by Crippen LogP contribution is -2.49. The number of carbonyl (C=O) groups is 1. The molecule has 0 atom stereocenters. The molecule has 0 saturated carbocycles. The maximum atomic E-state index is 12.5. The van der Waals surface area contributed by atoms with Gasteiger partial charge in [-0.3, -0.25) is 9.69 Å². The van der Waals surface area contributed by atoms with Crippen molar-refractivity contribution in [2.24, 2.45) is 0 Å². The summed E-state index contributed by atoms with van der Waals surface area (Å²) in [5.41, 5.74) is 0.631. The van der Waals surface area contributed by atoms with Crippen molar-refractivity contribution in [1.82, 2.24) is 9.80 Å². The number of thioether (sulfide) groups is 1. The Balaban J connectivity index is 1.93. The van der Waals surface area contributed by atoms with Gasteiger partial charge in [-0.15, -0.1) is 0 Å². The van der Waals surface area contributed by atoms with Gasteiger partial charge in [0.25, 0.3) is 5.91 Å². The second-order valence-corrected chi connectivity index (χ2v) is 6.60. The first-order valence-electron chi connectivity index (χ1n) is 7.58. The predicted molar refractivity (Wildman–Crippen MR) is 93.3 cm³/mol. The van der Waals surface area contributed by atoms with Gasteiger partial charge in [0.1, 0.15) is 5.75 Å². The summed E-state index contributed by atoms with van der Waals surface area (Å²) in [4.78, 5) is 16.9. The fourth-order valence-corrected chi connectivity index (χ4v) is 3.16. The summed E-state index contributed by atoms with van der Waals surface area (Å²) < 4.78 is 5.40. The fourth-order valence-electron chi connectivity index (χ4n) is 2.48. The van der Waals surface area contributed by atoms with Crippen LogP contribution in [0.2, 0.25) is 5.02 Å². The minimum absolute atomic E-state index is 0.0504. The molecule has 22 heavy (non-hydrogen) atoms. The zero-order valence-corrected chi connectivity index (χ0v) is 14.8. The Hall–Kier alpha value is -0.910. The van der Waals surface area contributed by atoms with Crippen LogP contribution >= 0.6 is 23.4 Å². The molecule has 1 aromatic carbocycles. The quantitative estimate of drug-likeness (QED) is 0.796. The summed E-state index contributed by atoms with van der Waals surface area (Å²) in [6.07, 6.45) is 2.12. The van der Waals surface area contributed by atoms with Crippen LogP contribution in [0, 0.1) is 0 Å². The highest BCUT2D eigenvalue weighted by atomic mass is 35.5. The Morgan fingerprint density at radius 3 is 2.64 bits per heavy atom. The summed E-state index contributed by atoms with van der Waals surface area (Å²) in [5, 5.41) is 0.492. The van der Waals surface area contributed by atoms with Gasteiger partial charge in [-0.2, -0.15) is 11.8 Å². The van der Waals surface area contributed by atoms with E-state index in [1.165, 1.54) is 0 Å². The van der Waals surface area contributed by atoms with Crippen LogP contribution in [-0.2, 0) is 0 Å². The Kier molecular flexibility index (Phi) is 6.86. The molecule has 2 rings (SSSR count). The molecule has 1 aromatic rings. The van der Waals surface area contributed by atoms with Gasteiger partial charge in [-0.05, 0) is 31.4 Å². The van der Waals surface area contributed by atoms with Crippen molar-refractivity contribution in [3.8, 4) is 5.75 Å². The molecule has 0 N–H and O–H groups in total. The Morgan fingerprint density at radius 1 is 1.32 bits per heavy atom. The van der Waals surface area contributed by atoms with Gasteiger partial charge in [-0.1, -0.05) is 11.6 Å². The monoisotopic (exact) mass is 342 g/mol. The van der Waals surface area contributed by atoms with E-state index in [4.69, 9.17) is 16.3 Å². The summed E-state index contributed by atoms with van der Waals surface area (Å²) >= 11 is 8.02. The third kappa shape index (κ3) is 4.54. The van der Waals surface area contributed by atoms with Gasteiger partial charge in [0.05, 0.1) is 11.6 Å². The number of piperazine rings is 1. The van der Waals surface area contributed by atoms with Crippen LogP contribution in [0.25, 0.3) is 0 Å². The van der Waals surface area contributed by atoms with E-state index in [-0.39, 0.29) is 5.91 Å². The highest BCUT2D eigenvalue weighted by Crippen LogP contribution is 2.26. The first-order chi connectivity index (χ1) is 10.7. The zero-order chi connectivity index (χ0) is 15.9. The summed E-state index contributed by atoms with van der Waals surface area (Å²) in [7, 11) is 0. The molecule has 1 heterocycles. The van der Waals surface area contributed by atoms with Gasteiger partial charge >= 0.3 is 0 Å². The third-order valence-corrected chi connectivity index (χ3v) is 4.64. The molecular weight excluding hydrogens is 320 g/mol. The van der Waals surface area contributed by atoms with Crippen molar-refractivity contribution < 1.29 is 9.53 Å². The lowest BCUT2D eigenvalue weighted by Gasteiger charge is -2.34. The predicted octanol–water partition coefficient (Wildman–Crippen LogP) is 2.86. The molecule has 1 saturated heterocycles. The van der Waals surface area contributed by atoms with E-state index in [0.717, 1.165) is 38.5 Å². The minimum atomic E-state index is 0.0504. The van der Waals surface area contributed by atoms with E-state index in [0.29, 0.717) is 22.9 Å². The number of hydrogen-bond acceptors (Lipinski definition) is 4. The molecule has 0 radical (unpaired) electrons. The van der Waals surface area contributed by atoms with Crippen molar-refractivity contribution in [3.63, 3.8) is 0 Å². The van der Waals surface area contributed by atoms with E-state index in [9.17, 15) is 4.79 Å². The van der Waals surface area contributed by atoms with Crippen molar-refractivity contribution in [3.05, 3.63) is 28.8 Å². The first kappa shape index (κ1) is 17.4. The van der Waals surface area contributed by atoms with Gasteiger partial charge in [-0.25, -0.2) is 0 Å². The fraction of sp³-hybridized carbons (Fsp3) is 0.562. The second-order valence-electron chi connectivity index (χ2n) is 5.20. The van der Waals surface area contributed by atoms with Crippen molar-refractivity contribution in [2.45, 2.75) is 6.92 Å². The second kappa shape index (κ2) is 8.65. The van der Waals surface area contributed by atoms with Crippen LogP contribution < -0.4 is 4.74 Å². The molecule has 0 unspecified atom stereocenters. The molecule has 6 heteroatoms. The normalized spacial score (nSPS) is 15.9. The number of benzene rings is 1. The summed E-state index contributed by atoms with van der Waals surface area (Å²) in [6, 6.07) is 5.27. The number of amides is 1. The number of ether oxygens (including phenoxy) is 1. The van der Waals surface area contributed by atoms with Crippen molar-refractivity contribution >= 4 is 29.3 Å². The molecule has 0 aromatic heterocycles. The van der Waals surface area contributed by atoms with Crippen molar-refractivity contribution in [2.75, 3.05) is 51.3 Å². The average molecular weight is 343 g/mol. The number of nitrogens with zero attached hydrogens (tertiary/aromatic N) is 2. The van der Waals surface area contributed by atoms with Crippen LogP contribution in [0.3, 0.4) is 0 Å². The highest BCUT2D eigenvalue weighted by Gasteiger charge is 2.22. The summed E-state index contributed by atoms with van der Waals surface area (Å²) in [5.74, 6) is 1.82. The lowest BCUT2D eigenvalue weighted by atomic mass is 10.1. The first-order valence-corrected chi connectivity index (χ1v) is 9.35. The standard InChI is InChI=1S/C16H23ClN2O2S/c1-3-21-15-5-4-13(12-14(15)17)16(20)19-8-6-18(7-9-19)10-11-22-2/h4-5,12H,3,6-11H2,1-2H3. The van der Waals surface area contributed by atoms with E-state index in [2.05, 4.69) is 11.2 Å². The molecule has 1 aliphatic heterocycles. The highest BCUT2D eigenvalue weighted by molar-refractivity contribution is 7.98. The molecule has 0 spiro atoms. The molecule has 1 fully saturated rings. The maximum Gasteiger partial charge on any atom is 0.253 e. The molecule has 122 valence electrons. The van der Waals surface area contributed by atoms with Crippen LogP contribution in [-0.4, -0.2) is 67.0 Å². The lowest BCUT2D eigenvalue weighted by molar-refractivity contribution is 0.0644. The van der Waals surface area contributed by atoms with E-state index < -0.39 is 0 Å².